The Morgan fingerprint density at radius 2 is 1.96 bits per heavy atom. The van der Waals surface area contributed by atoms with Crippen molar-refractivity contribution in [1.29, 1.82) is 0 Å². The molecule has 1 aromatic heterocycles. The number of nitrogens with zero attached hydrogens (tertiary/aromatic N) is 3. The minimum Gasteiger partial charge on any atom is -0.453 e. The summed E-state index contributed by atoms with van der Waals surface area (Å²) in [6.45, 7) is 5.10. The zero-order chi connectivity index (χ0) is 18.1. The molecule has 4 rings (SSSR count). The molecule has 0 aliphatic carbocycles. The molecule has 26 heavy (non-hydrogen) atoms. The topological polar surface area (TPSA) is 86.7 Å². The first kappa shape index (κ1) is 17.5. The number of nitrogens with one attached hydrogen (secondary N) is 1. The summed E-state index contributed by atoms with van der Waals surface area (Å²) in [6.07, 6.45) is 2.86. The molecule has 1 unspecified atom stereocenters. The highest BCUT2D eigenvalue weighted by molar-refractivity contribution is 7.54. The van der Waals surface area contributed by atoms with Crippen LogP contribution < -0.4 is 10.2 Å². The van der Waals surface area contributed by atoms with Crippen LogP contribution in [0.5, 0.6) is 11.5 Å². The second-order valence-electron chi connectivity index (χ2n) is 6.30. The molecule has 1 aromatic carbocycles. The average Bonchev–Trinajstić information content (AvgIpc) is 3.54. The number of benzene rings is 1. The van der Waals surface area contributed by atoms with Crippen LogP contribution in [0, 0.1) is 0 Å². The average molecular weight is 376 g/mol. The van der Waals surface area contributed by atoms with Crippen molar-refractivity contribution in [3.05, 3.63) is 48.3 Å². The fraction of sp³-hybridized carbons (Fsp3) is 0.353. The molecule has 1 atom stereocenters. The Kier molecular flexibility index (Phi) is 4.69. The van der Waals surface area contributed by atoms with Gasteiger partial charge in [-0.1, -0.05) is 6.07 Å². The molecule has 2 aliphatic heterocycles. The summed E-state index contributed by atoms with van der Waals surface area (Å²) in [4.78, 5) is 4.01. The molecule has 9 heteroatoms. The van der Waals surface area contributed by atoms with Gasteiger partial charge in [0.25, 0.3) is 0 Å². The van der Waals surface area contributed by atoms with Crippen molar-refractivity contribution in [2.24, 2.45) is 0 Å². The molecule has 0 saturated carbocycles. The van der Waals surface area contributed by atoms with Crippen LogP contribution >= 0.6 is 7.67 Å². The standard InChI is InChI=1S/C17H21N4O4P/c1-13(25-26(23,20-7-8-20)21-9-10-21)14-4-5-16(19-22)17(11-14)24-15-3-2-6-18-12-15/h2-6,11-13,19,22H,7-10H2,1H3. The van der Waals surface area contributed by atoms with Gasteiger partial charge < -0.3 is 4.74 Å². The molecule has 138 valence electrons. The van der Waals surface area contributed by atoms with E-state index in [0.29, 0.717) is 17.2 Å². The van der Waals surface area contributed by atoms with E-state index in [-0.39, 0.29) is 6.10 Å². The van der Waals surface area contributed by atoms with E-state index in [1.54, 1.807) is 36.7 Å². The molecule has 2 saturated heterocycles. The monoisotopic (exact) mass is 376 g/mol. The Balaban J connectivity index is 1.56. The second kappa shape index (κ2) is 6.98. The van der Waals surface area contributed by atoms with Crippen LogP contribution in [0.15, 0.2) is 42.7 Å². The van der Waals surface area contributed by atoms with Gasteiger partial charge in [-0.25, -0.2) is 9.34 Å². The van der Waals surface area contributed by atoms with Gasteiger partial charge in [-0.15, -0.1) is 0 Å². The molecule has 0 amide bonds. The third-order valence-corrected chi connectivity index (χ3v) is 7.14. The Morgan fingerprint density at radius 1 is 1.23 bits per heavy atom. The maximum Gasteiger partial charge on any atom is 0.346 e. The molecule has 0 spiro atoms. The van der Waals surface area contributed by atoms with Crippen molar-refractivity contribution in [1.82, 2.24) is 14.3 Å². The predicted molar refractivity (Wildman–Crippen MR) is 96.4 cm³/mol. The maximum atomic E-state index is 13.2. The first-order valence-electron chi connectivity index (χ1n) is 8.51. The second-order valence-corrected chi connectivity index (χ2v) is 8.63. The molecule has 8 nitrogen and oxygen atoms in total. The van der Waals surface area contributed by atoms with Gasteiger partial charge in [0, 0.05) is 32.4 Å². The van der Waals surface area contributed by atoms with E-state index in [9.17, 15) is 9.77 Å². The Morgan fingerprint density at radius 3 is 2.54 bits per heavy atom. The number of pyridine rings is 1. The lowest BCUT2D eigenvalue weighted by Crippen LogP contribution is -2.10. The number of ether oxygens (including phenoxy) is 1. The predicted octanol–water partition coefficient (Wildman–Crippen LogP) is 3.49. The first-order valence-corrected chi connectivity index (χ1v) is 10.0. The summed E-state index contributed by atoms with van der Waals surface area (Å²) in [5.74, 6) is 0.982. The van der Waals surface area contributed by atoms with E-state index in [1.165, 1.54) is 0 Å². The van der Waals surface area contributed by atoms with E-state index in [4.69, 9.17) is 9.26 Å². The Hall–Kier alpha value is -1.96. The normalized spacial score (nSPS) is 18.4. The summed E-state index contributed by atoms with van der Waals surface area (Å²) < 4.78 is 28.7. The molecule has 0 radical (unpaired) electrons. The van der Waals surface area contributed by atoms with Crippen molar-refractivity contribution < 1.29 is 19.0 Å². The number of rotatable bonds is 8. The van der Waals surface area contributed by atoms with Crippen molar-refractivity contribution in [3.8, 4) is 11.5 Å². The van der Waals surface area contributed by atoms with E-state index < -0.39 is 7.67 Å². The third kappa shape index (κ3) is 3.60. The number of aromatic nitrogens is 1. The van der Waals surface area contributed by atoms with Gasteiger partial charge in [0.1, 0.15) is 11.4 Å². The summed E-state index contributed by atoms with van der Waals surface area (Å²) in [5.41, 5.74) is 3.36. The largest absolute Gasteiger partial charge is 0.453 e. The minimum atomic E-state index is -2.91. The number of hydrogen-bond donors (Lipinski definition) is 2. The zero-order valence-corrected chi connectivity index (χ0v) is 15.3. The summed E-state index contributed by atoms with van der Waals surface area (Å²) in [7, 11) is -2.91. The fourth-order valence-corrected chi connectivity index (χ4v) is 5.02. The lowest BCUT2D eigenvalue weighted by molar-refractivity contribution is 0.200. The Labute approximate surface area is 151 Å². The van der Waals surface area contributed by atoms with Crippen LogP contribution in [0.3, 0.4) is 0 Å². The summed E-state index contributed by atoms with van der Waals surface area (Å²) in [5, 5.41) is 9.34. The van der Waals surface area contributed by atoms with Crippen LogP contribution in [0.4, 0.5) is 5.69 Å². The van der Waals surface area contributed by atoms with Gasteiger partial charge in [0.15, 0.2) is 5.75 Å². The smallest absolute Gasteiger partial charge is 0.346 e. The molecule has 0 bridgehead atoms. The highest BCUT2D eigenvalue weighted by Crippen LogP contribution is 2.63. The molecule has 2 aromatic rings. The van der Waals surface area contributed by atoms with Crippen LogP contribution in [0.25, 0.3) is 0 Å². The first-order chi connectivity index (χ1) is 12.6. The van der Waals surface area contributed by atoms with Gasteiger partial charge in [0.05, 0.1) is 12.3 Å². The molecule has 2 aliphatic rings. The van der Waals surface area contributed by atoms with E-state index >= 15 is 0 Å². The highest BCUT2D eigenvalue weighted by Gasteiger charge is 2.50. The van der Waals surface area contributed by atoms with Crippen LogP contribution in [-0.2, 0) is 9.09 Å². The quantitative estimate of drug-likeness (QED) is 0.411. The minimum absolute atomic E-state index is 0.383. The maximum absolute atomic E-state index is 13.2. The van der Waals surface area contributed by atoms with E-state index in [1.807, 2.05) is 22.3 Å². The molecular formula is C17H21N4O4P. The lowest BCUT2D eigenvalue weighted by atomic mass is 10.1. The van der Waals surface area contributed by atoms with Crippen LogP contribution in [0.2, 0.25) is 0 Å². The summed E-state index contributed by atoms with van der Waals surface area (Å²) in [6, 6.07) is 8.82. The van der Waals surface area contributed by atoms with Gasteiger partial charge in [0.2, 0.25) is 0 Å². The van der Waals surface area contributed by atoms with E-state index in [0.717, 1.165) is 31.7 Å². The summed E-state index contributed by atoms with van der Waals surface area (Å²) >= 11 is 0. The van der Waals surface area contributed by atoms with Gasteiger partial charge in [-0.2, -0.15) is 0 Å². The van der Waals surface area contributed by atoms with Crippen molar-refractivity contribution in [2.75, 3.05) is 31.7 Å². The van der Waals surface area contributed by atoms with Gasteiger partial charge >= 0.3 is 7.67 Å². The molecular weight excluding hydrogens is 355 g/mol. The van der Waals surface area contributed by atoms with Crippen molar-refractivity contribution in [2.45, 2.75) is 13.0 Å². The molecule has 2 fully saturated rings. The number of anilines is 1. The van der Waals surface area contributed by atoms with Crippen LogP contribution in [-0.4, -0.2) is 45.7 Å². The Bertz CT molecular complexity index is 811. The van der Waals surface area contributed by atoms with Gasteiger partial charge in [-0.3, -0.25) is 24.8 Å². The number of hydrogen-bond acceptors (Lipinski definition) is 6. The third-order valence-electron chi connectivity index (χ3n) is 4.32. The van der Waals surface area contributed by atoms with Crippen molar-refractivity contribution in [3.63, 3.8) is 0 Å². The lowest BCUT2D eigenvalue weighted by Gasteiger charge is -2.24. The zero-order valence-electron chi connectivity index (χ0n) is 14.4. The van der Waals surface area contributed by atoms with E-state index in [2.05, 4.69) is 10.5 Å². The van der Waals surface area contributed by atoms with Crippen molar-refractivity contribution >= 4 is 13.4 Å². The SMILES string of the molecule is CC(OP(=O)(N1CC1)N1CC1)c1ccc(NO)c(Oc2cccnc2)c1. The van der Waals surface area contributed by atoms with Gasteiger partial charge in [-0.05, 0) is 36.8 Å². The molecule has 2 N–H and O–H groups in total. The highest BCUT2D eigenvalue weighted by atomic mass is 31.2. The molecule has 3 heterocycles. The fourth-order valence-electron chi connectivity index (χ4n) is 2.68. The van der Waals surface area contributed by atoms with Crippen LogP contribution in [0.1, 0.15) is 18.6 Å².